The summed E-state index contributed by atoms with van der Waals surface area (Å²) in [5.74, 6) is -0.437. The summed E-state index contributed by atoms with van der Waals surface area (Å²) in [6.07, 6.45) is 3.22. The molecule has 0 radical (unpaired) electrons. The Kier molecular flexibility index (Phi) is 5.24. The molecule has 0 unspecified atom stereocenters. The second-order valence-corrected chi connectivity index (χ2v) is 7.45. The Bertz CT molecular complexity index is 1340. The van der Waals surface area contributed by atoms with Gasteiger partial charge in [-0.1, -0.05) is 0 Å². The van der Waals surface area contributed by atoms with Crippen molar-refractivity contribution in [1.29, 1.82) is 0 Å². The molecule has 1 amide bonds. The lowest BCUT2D eigenvalue weighted by Gasteiger charge is -2.05. The molecule has 2 aromatic carbocycles. The molecule has 0 saturated carbocycles. The lowest BCUT2D eigenvalue weighted by Crippen LogP contribution is -2.16. The van der Waals surface area contributed by atoms with Gasteiger partial charge in [-0.2, -0.15) is 5.10 Å². The quantitative estimate of drug-likeness (QED) is 0.274. The molecule has 4 rings (SSSR count). The molecule has 0 saturated heterocycles. The number of carbonyl (C=O) groups excluding carboxylic acids is 1. The molecule has 11 heteroatoms. The monoisotopic (exact) mass is 435 g/mol. The lowest BCUT2D eigenvalue weighted by molar-refractivity contribution is -0.385. The summed E-state index contributed by atoms with van der Waals surface area (Å²) in [5.41, 5.74) is 3.75. The van der Waals surface area contributed by atoms with Crippen molar-refractivity contribution in [2.75, 3.05) is 0 Å². The summed E-state index contributed by atoms with van der Waals surface area (Å²) in [5, 5.41) is 26.3. The van der Waals surface area contributed by atoms with Crippen molar-refractivity contribution in [3.63, 3.8) is 0 Å². The second kappa shape index (κ2) is 8.16. The largest absolute Gasteiger partial charge is 0.316 e. The summed E-state index contributed by atoms with van der Waals surface area (Å²) in [6.45, 7) is 0. The van der Waals surface area contributed by atoms with Gasteiger partial charge in [0.1, 0.15) is 0 Å². The average Bonchev–Trinajstić information content (AvgIpc) is 3.40. The lowest BCUT2D eigenvalue weighted by atomic mass is 10.2. The van der Waals surface area contributed by atoms with Crippen LogP contribution in [-0.2, 0) is 0 Å². The number of hydrogen-bond acceptors (Lipinski definition) is 7. The number of nitrogens with one attached hydrogen (secondary N) is 1. The molecule has 1 N–H and O–H groups in total. The van der Waals surface area contributed by atoms with E-state index in [0.29, 0.717) is 21.6 Å². The minimum absolute atomic E-state index is 0.00736. The molecule has 0 spiro atoms. The molecule has 0 aliphatic rings. The van der Waals surface area contributed by atoms with Crippen LogP contribution < -0.4 is 5.43 Å². The topological polar surface area (TPSA) is 133 Å². The summed E-state index contributed by atoms with van der Waals surface area (Å²) in [6, 6.07) is 15.6. The van der Waals surface area contributed by atoms with Crippen LogP contribution >= 0.6 is 11.3 Å². The number of fused-ring (bicyclic) bond motifs is 1. The van der Waals surface area contributed by atoms with E-state index >= 15 is 0 Å². The van der Waals surface area contributed by atoms with Crippen LogP contribution in [0.4, 0.5) is 11.4 Å². The minimum Gasteiger partial charge on any atom is -0.316 e. The van der Waals surface area contributed by atoms with Crippen molar-refractivity contribution in [1.82, 2.24) is 9.99 Å². The first-order valence-corrected chi connectivity index (χ1v) is 9.67. The van der Waals surface area contributed by atoms with E-state index in [9.17, 15) is 25.0 Å². The standard InChI is InChI=1S/C20H13N5O5S/c26-20(19-11-13-10-16(25(29)30)7-8-18(13)31-19)22-21-12-17-2-1-9-23(17)14-3-5-15(6-4-14)24(27)28/h1-12H,(H,22,26). The van der Waals surface area contributed by atoms with Crippen LogP contribution in [0.5, 0.6) is 0 Å². The SMILES string of the molecule is O=C(NN=Cc1cccn1-c1ccc([N+](=O)[O-])cc1)c1cc2cc([N+](=O)[O-])ccc2s1. The van der Waals surface area contributed by atoms with E-state index in [0.717, 1.165) is 4.70 Å². The van der Waals surface area contributed by atoms with Gasteiger partial charge in [-0.05, 0) is 36.4 Å². The van der Waals surface area contributed by atoms with E-state index < -0.39 is 15.8 Å². The third kappa shape index (κ3) is 4.16. The number of aromatic nitrogens is 1. The fourth-order valence-electron chi connectivity index (χ4n) is 2.94. The molecule has 0 aliphatic heterocycles. The van der Waals surface area contributed by atoms with Gasteiger partial charge in [0.2, 0.25) is 0 Å². The molecule has 0 bridgehead atoms. The Morgan fingerprint density at radius 3 is 2.42 bits per heavy atom. The first-order valence-electron chi connectivity index (χ1n) is 8.86. The molecule has 154 valence electrons. The number of nitrogens with zero attached hydrogens (tertiary/aromatic N) is 4. The van der Waals surface area contributed by atoms with Crippen LogP contribution in [0.1, 0.15) is 15.4 Å². The second-order valence-electron chi connectivity index (χ2n) is 6.37. The maximum absolute atomic E-state index is 12.4. The highest BCUT2D eigenvalue weighted by atomic mass is 32.1. The van der Waals surface area contributed by atoms with Crippen LogP contribution in [0.15, 0.2) is 72.0 Å². The van der Waals surface area contributed by atoms with Gasteiger partial charge in [0.15, 0.2) is 0 Å². The third-order valence-electron chi connectivity index (χ3n) is 4.42. The number of rotatable bonds is 6. The van der Waals surface area contributed by atoms with Crippen molar-refractivity contribution in [3.05, 3.63) is 97.7 Å². The first-order chi connectivity index (χ1) is 14.9. The Morgan fingerprint density at radius 1 is 1.00 bits per heavy atom. The fourth-order valence-corrected chi connectivity index (χ4v) is 3.87. The highest BCUT2D eigenvalue weighted by molar-refractivity contribution is 7.20. The van der Waals surface area contributed by atoms with Crippen LogP contribution in [0.2, 0.25) is 0 Å². The van der Waals surface area contributed by atoms with Crippen LogP contribution in [0.25, 0.3) is 15.8 Å². The maximum atomic E-state index is 12.4. The zero-order chi connectivity index (χ0) is 22.0. The first kappa shape index (κ1) is 19.9. The van der Waals surface area contributed by atoms with Gasteiger partial charge < -0.3 is 4.57 Å². The molecule has 0 aliphatic carbocycles. The van der Waals surface area contributed by atoms with Crippen LogP contribution in [0.3, 0.4) is 0 Å². The Balaban J connectivity index is 1.48. The van der Waals surface area contributed by atoms with Gasteiger partial charge in [-0.3, -0.25) is 25.0 Å². The van der Waals surface area contributed by atoms with E-state index in [1.165, 1.54) is 41.8 Å². The third-order valence-corrected chi connectivity index (χ3v) is 5.53. The molecule has 0 atom stereocenters. The van der Waals surface area contributed by atoms with E-state index in [1.54, 1.807) is 47.2 Å². The number of benzene rings is 2. The molecule has 10 nitrogen and oxygen atoms in total. The van der Waals surface area contributed by atoms with Crippen molar-refractivity contribution < 1.29 is 14.6 Å². The van der Waals surface area contributed by atoms with E-state index in [4.69, 9.17) is 0 Å². The molecule has 31 heavy (non-hydrogen) atoms. The fraction of sp³-hybridized carbons (Fsp3) is 0. The molecule has 0 fully saturated rings. The van der Waals surface area contributed by atoms with Crippen molar-refractivity contribution >= 4 is 44.9 Å². The van der Waals surface area contributed by atoms with Crippen molar-refractivity contribution in [2.45, 2.75) is 0 Å². The van der Waals surface area contributed by atoms with Crippen molar-refractivity contribution in [3.8, 4) is 5.69 Å². The molecule has 2 heterocycles. The number of nitro groups is 2. The van der Waals surface area contributed by atoms with Gasteiger partial charge in [0.25, 0.3) is 17.3 Å². The number of carbonyl (C=O) groups is 1. The number of amides is 1. The predicted octanol–water partition coefficient (Wildman–Crippen LogP) is 4.27. The summed E-state index contributed by atoms with van der Waals surface area (Å²) >= 11 is 1.21. The van der Waals surface area contributed by atoms with Gasteiger partial charge >= 0.3 is 0 Å². The van der Waals surface area contributed by atoms with E-state index in [2.05, 4.69) is 10.5 Å². The van der Waals surface area contributed by atoms with Crippen molar-refractivity contribution in [2.24, 2.45) is 5.10 Å². The normalized spacial score (nSPS) is 11.1. The van der Waals surface area contributed by atoms with Gasteiger partial charge in [-0.25, -0.2) is 5.43 Å². The van der Waals surface area contributed by atoms with Crippen LogP contribution in [-0.4, -0.2) is 26.5 Å². The smallest absolute Gasteiger partial charge is 0.281 e. The summed E-state index contributed by atoms with van der Waals surface area (Å²) in [7, 11) is 0. The number of hydrazone groups is 1. The molecular weight excluding hydrogens is 422 g/mol. The average molecular weight is 435 g/mol. The highest BCUT2D eigenvalue weighted by Gasteiger charge is 2.13. The Labute approximate surface area is 178 Å². The van der Waals surface area contributed by atoms with Gasteiger partial charge in [0.05, 0.1) is 26.6 Å². The predicted molar refractivity (Wildman–Crippen MR) is 116 cm³/mol. The Hall–Kier alpha value is -4.38. The van der Waals surface area contributed by atoms with E-state index in [-0.39, 0.29) is 11.4 Å². The van der Waals surface area contributed by atoms with E-state index in [1.807, 2.05) is 0 Å². The number of thiophene rings is 1. The summed E-state index contributed by atoms with van der Waals surface area (Å²) < 4.78 is 2.52. The zero-order valence-electron chi connectivity index (χ0n) is 15.7. The molecule has 4 aromatic rings. The minimum atomic E-state index is -0.485. The van der Waals surface area contributed by atoms with Gasteiger partial charge in [0, 0.05) is 46.2 Å². The summed E-state index contributed by atoms with van der Waals surface area (Å²) in [4.78, 5) is 33.5. The number of nitro benzene ring substituents is 2. The number of non-ortho nitro benzene ring substituents is 2. The van der Waals surface area contributed by atoms with Gasteiger partial charge in [-0.15, -0.1) is 11.3 Å². The maximum Gasteiger partial charge on any atom is 0.281 e. The molecule has 2 aromatic heterocycles. The number of hydrogen-bond donors (Lipinski definition) is 1. The zero-order valence-corrected chi connectivity index (χ0v) is 16.5. The van der Waals surface area contributed by atoms with Crippen LogP contribution in [0, 0.1) is 20.2 Å². The highest BCUT2D eigenvalue weighted by Crippen LogP contribution is 2.28. The Morgan fingerprint density at radius 2 is 1.71 bits per heavy atom. The molecular formula is C20H13N5O5S.